The van der Waals surface area contributed by atoms with Crippen LogP contribution in [0.15, 0.2) is 23.1 Å². The Morgan fingerprint density at radius 2 is 1.95 bits per heavy atom. The summed E-state index contributed by atoms with van der Waals surface area (Å²) in [6.45, 7) is 4.93. The molecule has 0 aliphatic carbocycles. The number of rotatable bonds is 4. The van der Waals surface area contributed by atoms with Gasteiger partial charge in [-0.15, -0.1) is 0 Å². The van der Waals surface area contributed by atoms with Crippen LogP contribution in [0.3, 0.4) is 0 Å². The zero-order valence-electron chi connectivity index (χ0n) is 11.3. The van der Waals surface area contributed by atoms with Gasteiger partial charge in [0, 0.05) is 11.1 Å². The van der Waals surface area contributed by atoms with Gasteiger partial charge in [-0.25, -0.2) is 13.1 Å². The van der Waals surface area contributed by atoms with E-state index in [2.05, 4.69) is 16.5 Å². The highest BCUT2D eigenvalue weighted by atomic mass is 35.5. The Labute approximate surface area is 130 Å². The summed E-state index contributed by atoms with van der Waals surface area (Å²) in [5.41, 5.74) is 0. The number of piperidine rings is 1. The lowest BCUT2D eigenvalue weighted by Gasteiger charge is -2.31. The van der Waals surface area contributed by atoms with E-state index in [4.69, 9.17) is 23.2 Å². The molecule has 0 radical (unpaired) electrons. The molecule has 1 aromatic carbocycles. The molecule has 1 fully saturated rings. The van der Waals surface area contributed by atoms with Gasteiger partial charge in [-0.05, 0) is 50.7 Å². The number of sulfonamides is 1. The minimum Gasteiger partial charge on any atom is -0.303 e. The fourth-order valence-electron chi connectivity index (χ4n) is 2.33. The summed E-state index contributed by atoms with van der Waals surface area (Å²) in [6.07, 6.45) is 1.62. The first-order valence-corrected chi connectivity index (χ1v) is 8.86. The molecule has 0 aromatic heterocycles. The second kappa shape index (κ2) is 6.62. The Morgan fingerprint density at radius 3 is 2.55 bits per heavy atom. The first-order valence-electron chi connectivity index (χ1n) is 6.62. The molecular formula is C13H18Cl2N2O2S. The van der Waals surface area contributed by atoms with E-state index < -0.39 is 10.0 Å². The Bertz CT molecular complexity index is 570. The normalized spacial score (nSPS) is 18.4. The summed E-state index contributed by atoms with van der Waals surface area (Å²) in [4.78, 5) is 2.35. The molecule has 0 atom stereocenters. The molecule has 1 heterocycles. The summed E-state index contributed by atoms with van der Waals surface area (Å²) in [7, 11) is -3.62. The Hall–Kier alpha value is -0.330. The second-order valence-corrected chi connectivity index (χ2v) is 7.43. The zero-order chi connectivity index (χ0) is 14.8. The maximum Gasteiger partial charge on any atom is 0.242 e. The van der Waals surface area contributed by atoms with Crippen molar-refractivity contribution >= 4 is 33.2 Å². The van der Waals surface area contributed by atoms with Crippen molar-refractivity contribution in [1.82, 2.24) is 9.62 Å². The van der Waals surface area contributed by atoms with E-state index in [-0.39, 0.29) is 16.0 Å². The third-order valence-corrected chi connectivity index (χ3v) is 5.78. The fraction of sp³-hybridized carbons (Fsp3) is 0.538. The van der Waals surface area contributed by atoms with Gasteiger partial charge < -0.3 is 4.90 Å². The van der Waals surface area contributed by atoms with Crippen LogP contribution >= 0.6 is 23.2 Å². The standard InChI is InChI=1S/C13H18Cl2N2O2S/c1-2-17-7-5-11(6-8-17)16-20(18,19)13-9-10(14)3-4-12(13)15/h3-4,9,11,16H,2,5-8H2,1H3. The van der Waals surface area contributed by atoms with Crippen molar-refractivity contribution in [3.8, 4) is 0 Å². The third kappa shape index (κ3) is 3.86. The third-order valence-electron chi connectivity index (χ3n) is 3.54. The van der Waals surface area contributed by atoms with Crippen LogP contribution in [-0.4, -0.2) is 39.0 Å². The molecule has 1 aromatic rings. The molecule has 0 bridgehead atoms. The van der Waals surface area contributed by atoms with E-state index in [1.54, 1.807) is 6.07 Å². The molecule has 7 heteroatoms. The van der Waals surface area contributed by atoms with Crippen molar-refractivity contribution in [2.45, 2.75) is 30.7 Å². The molecule has 2 rings (SSSR count). The topological polar surface area (TPSA) is 49.4 Å². The highest BCUT2D eigenvalue weighted by Crippen LogP contribution is 2.25. The van der Waals surface area contributed by atoms with Crippen LogP contribution in [0.25, 0.3) is 0 Å². The van der Waals surface area contributed by atoms with Crippen molar-refractivity contribution in [2.24, 2.45) is 0 Å². The van der Waals surface area contributed by atoms with Gasteiger partial charge in [-0.2, -0.15) is 0 Å². The lowest BCUT2D eigenvalue weighted by molar-refractivity contribution is 0.217. The fourth-order valence-corrected chi connectivity index (χ4v) is 4.40. The van der Waals surface area contributed by atoms with Crippen LogP contribution in [0.2, 0.25) is 10.0 Å². The van der Waals surface area contributed by atoms with Gasteiger partial charge in [0.2, 0.25) is 10.0 Å². The molecule has 1 saturated heterocycles. The van der Waals surface area contributed by atoms with Crippen LogP contribution in [0.5, 0.6) is 0 Å². The first kappa shape index (κ1) is 16.0. The van der Waals surface area contributed by atoms with E-state index in [1.165, 1.54) is 12.1 Å². The smallest absolute Gasteiger partial charge is 0.242 e. The maximum absolute atomic E-state index is 12.4. The molecule has 20 heavy (non-hydrogen) atoms. The molecule has 0 unspecified atom stereocenters. The number of likely N-dealkylation sites (tertiary alicyclic amines) is 1. The lowest BCUT2D eigenvalue weighted by atomic mass is 10.1. The van der Waals surface area contributed by atoms with Crippen LogP contribution in [-0.2, 0) is 10.0 Å². The summed E-state index contributed by atoms with van der Waals surface area (Å²) in [5.74, 6) is 0. The quantitative estimate of drug-likeness (QED) is 0.919. The molecule has 0 saturated carbocycles. The Morgan fingerprint density at radius 1 is 1.30 bits per heavy atom. The largest absolute Gasteiger partial charge is 0.303 e. The van der Waals surface area contributed by atoms with Crippen LogP contribution in [0.1, 0.15) is 19.8 Å². The lowest BCUT2D eigenvalue weighted by Crippen LogP contribution is -2.44. The van der Waals surface area contributed by atoms with Gasteiger partial charge >= 0.3 is 0 Å². The molecular weight excluding hydrogens is 319 g/mol. The molecule has 0 amide bonds. The predicted octanol–water partition coefficient (Wildman–Crippen LogP) is 2.76. The zero-order valence-corrected chi connectivity index (χ0v) is 13.6. The van der Waals surface area contributed by atoms with E-state index in [0.717, 1.165) is 32.5 Å². The van der Waals surface area contributed by atoms with Gasteiger partial charge in [0.05, 0.1) is 5.02 Å². The number of nitrogens with zero attached hydrogens (tertiary/aromatic N) is 1. The Kier molecular flexibility index (Phi) is 5.31. The van der Waals surface area contributed by atoms with Crippen molar-refractivity contribution in [3.63, 3.8) is 0 Å². The summed E-state index contributed by atoms with van der Waals surface area (Å²) in [6, 6.07) is 4.41. The second-order valence-electron chi connectivity index (χ2n) is 4.90. The summed E-state index contributed by atoms with van der Waals surface area (Å²) >= 11 is 11.8. The summed E-state index contributed by atoms with van der Waals surface area (Å²) in [5, 5.41) is 0.545. The SMILES string of the molecule is CCN1CCC(NS(=O)(=O)c2cc(Cl)ccc2Cl)CC1. The highest BCUT2D eigenvalue weighted by Gasteiger charge is 2.25. The number of hydrogen-bond acceptors (Lipinski definition) is 3. The van der Waals surface area contributed by atoms with Crippen molar-refractivity contribution in [2.75, 3.05) is 19.6 Å². The van der Waals surface area contributed by atoms with Crippen molar-refractivity contribution in [3.05, 3.63) is 28.2 Å². The van der Waals surface area contributed by atoms with E-state index in [9.17, 15) is 8.42 Å². The molecule has 112 valence electrons. The first-order chi connectivity index (χ1) is 9.42. The number of benzene rings is 1. The van der Waals surface area contributed by atoms with Gasteiger partial charge in [0.15, 0.2) is 0 Å². The number of halogens is 2. The summed E-state index contributed by atoms with van der Waals surface area (Å²) < 4.78 is 27.4. The monoisotopic (exact) mass is 336 g/mol. The minimum absolute atomic E-state index is 0.0437. The minimum atomic E-state index is -3.62. The van der Waals surface area contributed by atoms with Crippen molar-refractivity contribution < 1.29 is 8.42 Å². The van der Waals surface area contributed by atoms with E-state index in [0.29, 0.717) is 5.02 Å². The average molecular weight is 337 g/mol. The Balaban J connectivity index is 2.10. The van der Waals surface area contributed by atoms with Crippen LogP contribution in [0, 0.1) is 0 Å². The maximum atomic E-state index is 12.4. The van der Waals surface area contributed by atoms with Gasteiger partial charge in [-0.3, -0.25) is 0 Å². The van der Waals surface area contributed by atoms with E-state index >= 15 is 0 Å². The molecule has 0 spiro atoms. The molecule has 1 aliphatic heterocycles. The predicted molar refractivity (Wildman–Crippen MR) is 81.9 cm³/mol. The van der Waals surface area contributed by atoms with Crippen LogP contribution < -0.4 is 4.72 Å². The average Bonchev–Trinajstić information content (AvgIpc) is 2.42. The van der Waals surface area contributed by atoms with Crippen LogP contribution in [0.4, 0.5) is 0 Å². The molecule has 4 nitrogen and oxygen atoms in total. The van der Waals surface area contributed by atoms with E-state index in [1.807, 2.05) is 0 Å². The van der Waals surface area contributed by atoms with Crippen molar-refractivity contribution in [1.29, 1.82) is 0 Å². The molecule has 1 N–H and O–H groups in total. The number of nitrogens with one attached hydrogen (secondary N) is 1. The van der Waals surface area contributed by atoms with Gasteiger partial charge in [0.25, 0.3) is 0 Å². The van der Waals surface area contributed by atoms with Gasteiger partial charge in [-0.1, -0.05) is 30.1 Å². The molecule has 1 aliphatic rings. The highest BCUT2D eigenvalue weighted by molar-refractivity contribution is 7.89. The number of hydrogen-bond donors (Lipinski definition) is 1. The van der Waals surface area contributed by atoms with Gasteiger partial charge in [0.1, 0.15) is 4.90 Å².